The minimum Gasteiger partial charge on any atom is -0.0991 e. The van der Waals surface area contributed by atoms with Crippen molar-refractivity contribution in [2.45, 2.75) is 20.3 Å². The molecule has 0 radical (unpaired) electrons. The lowest BCUT2D eigenvalue weighted by molar-refractivity contribution is 1.25. The number of allylic oxidation sites excluding steroid dienone is 7. The fourth-order valence-electron chi connectivity index (χ4n) is 0.690. The van der Waals surface area contributed by atoms with Crippen LogP contribution in [-0.4, -0.2) is 0 Å². The molecule has 0 nitrogen and oxygen atoms in total. The van der Waals surface area contributed by atoms with E-state index in [1.54, 1.807) is 6.08 Å². The predicted molar refractivity (Wildman–Crippen MR) is 52.5 cm³/mol. The van der Waals surface area contributed by atoms with E-state index in [2.05, 4.69) is 31.7 Å². The Morgan fingerprint density at radius 2 is 2.27 bits per heavy atom. The average molecular weight is 148 g/mol. The van der Waals surface area contributed by atoms with Crippen molar-refractivity contribution in [3.05, 3.63) is 48.6 Å². The van der Waals surface area contributed by atoms with Crippen LogP contribution in [0.5, 0.6) is 0 Å². The lowest BCUT2D eigenvalue weighted by Crippen LogP contribution is -1.58. The molecule has 0 heteroatoms. The summed E-state index contributed by atoms with van der Waals surface area (Å²) in [5.74, 6) is 0. The Morgan fingerprint density at radius 1 is 1.55 bits per heavy atom. The van der Waals surface area contributed by atoms with Crippen LogP contribution in [-0.2, 0) is 0 Å². The summed E-state index contributed by atoms with van der Waals surface area (Å²) in [4.78, 5) is 0. The summed E-state index contributed by atoms with van der Waals surface area (Å²) in [6.07, 6.45) is 13.1. The first kappa shape index (κ1) is 9.96. The number of rotatable bonds is 1. The second-order valence-corrected chi connectivity index (χ2v) is 2.41. The number of hydrogen-bond acceptors (Lipinski definition) is 0. The van der Waals surface area contributed by atoms with E-state index in [1.165, 1.54) is 12.0 Å². The van der Waals surface area contributed by atoms with Gasteiger partial charge in [-0.3, -0.25) is 0 Å². The standard InChI is InChI=1S/C6H8.C5H8/c1-6-4-2-3-5-6;1-3-5-4-2/h2-4H,5H2,1H3;3-5H,1H2,2H3. The fraction of sp³-hybridized carbons (Fsp3) is 0.273. The molecule has 0 aromatic carbocycles. The smallest absolute Gasteiger partial charge is 0.0135 e. The Balaban J connectivity index is 0.000000187. The third-order valence-electron chi connectivity index (χ3n) is 1.29. The van der Waals surface area contributed by atoms with Crippen LogP contribution in [0.2, 0.25) is 0 Å². The van der Waals surface area contributed by atoms with Gasteiger partial charge in [0.05, 0.1) is 0 Å². The van der Waals surface area contributed by atoms with E-state index in [1.807, 2.05) is 19.1 Å². The van der Waals surface area contributed by atoms with Gasteiger partial charge in [0.25, 0.3) is 0 Å². The molecule has 0 aromatic rings. The molecule has 0 saturated carbocycles. The molecule has 0 fully saturated rings. The molecule has 0 saturated heterocycles. The highest BCUT2D eigenvalue weighted by Crippen LogP contribution is 2.06. The molecule has 0 amide bonds. The summed E-state index contributed by atoms with van der Waals surface area (Å²) >= 11 is 0. The third kappa shape index (κ3) is 6.85. The lowest BCUT2D eigenvalue weighted by atomic mass is 10.3. The van der Waals surface area contributed by atoms with Gasteiger partial charge in [-0.25, -0.2) is 0 Å². The summed E-state index contributed by atoms with van der Waals surface area (Å²) in [6.45, 7) is 7.56. The highest BCUT2D eigenvalue weighted by atomic mass is 13.9. The van der Waals surface area contributed by atoms with Crippen LogP contribution in [0.3, 0.4) is 0 Å². The van der Waals surface area contributed by atoms with Crippen LogP contribution in [0, 0.1) is 0 Å². The second-order valence-electron chi connectivity index (χ2n) is 2.41. The Bertz CT molecular complexity index is 180. The maximum Gasteiger partial charge on any atom is -0.0135 e. The molecule has 60 valence electrons. The molecule has 1 aliphatic carbocycles. The summed E-state index contributed by atoms with van der Waals surface area (Å²) in [5.41, 5.74) is 1.47. The highest BCUT2D eigenvalue weighted by Gasteiger charge is 1.86. The Kier molecular flexibility index (Phi) is 6.40. The van der Waals surface area contributed by atoms with Crippen molar-refractivity contribution >= 4 is 0 Å². The van der Waals surface area contributed by atoms with Gasteiger partial charge in [0.2, 0.25) is 0 Å². The largest absolute Gasteiger partial charge is 0.0991 e. The Hall–Kier alpha value is -1.04. The summed E-state index contributed by atoms with van der Waals surface area (Å²) in [7, 11) is 0. The minimum atomic E-state index is 1.17. The zero-order valence-electron chi connectivity index (χ0n) is 7.38. The molecular weight excluding hydrogens is 132 g/mol. The maximum absolute atomic E-state index is 3.46. The molecule has 11 heavy (non-hydrogen) atoms. The van der Waals surface area contributed by atoms with E-state index in [-0.39, 0.29) is 0 Å². The van der Waals surface area contributed by atoms with Gasteiger partial charge in [0.15, 0.2) is 0 Å². The zero-order chi connectivity index (χ0) is 8.53. The average Bonchev–Trinajstić information content (AvgIpc) is 2.43. The molecule has 0 N–H and O–H groups in total. The first-order valence-corrected chi connectivity index (χ1v) is 3.87. The van der Waals surface area contributed by atoms with Crippen LogP contribution >= 0.6 is 0 Å². The van der Waals surface area contributed by atoms with Crippen LogP contribution in [0.1, 0.15) is 20.3 Å². The first-order valence-electron chi connectivity index (χ1n) is 3.87. The van der Waals surface area contributed by atoms with E-state index in [9.17, 15) is 0 Å². The Labute approximate surface area is 69.6 Å². The highest BCUT2D eigenvalue weighted by molar-refractivity contribution is 5.20. The van der Waals surface area contributed by atoms with Gasteiger partial charge in [0.1, 0.15) is 0 Å². The van der Waals surface area contributed by atoms with E-state index in [0.717, 1.165) is 0 Å². The van der Waals surface area contributed by atoms with Crippen molar-refractivity contribution in [3.63, 3.8) is 0 Å². The fourth-order valence-corrected chi connectivity index (χ4v) is 0.690. The molecule has 0 atom stereocenters. The molecule has 1 aliphatic rings. The van der Waals surface area contributed by atoms with E-state index in [0.29, 0.717) is 0 Å². The normalized spacial score (nSPS) is 14.2. The van der Waals surface area contributed by atoms with Crippen molar-refractivity contribution in [2.24, 2.45) is 0 Å². The molecule has 0 bridgehead atoms. The molecular formula is C11H16. The Morgan fingerprint density at radius 3 is 2.36 bits per heavy atom. The maximum atomic E-state index is 3.46. The quantitative estimate of drug-likeness (QED) is 0.498. The van der Waals surface area contributed by atoms with Gasteiger partial charge in [0, 0.05) is 0 Å². The van der Waals surface area contributed by atoms with Gasteiger partial charge < -0.3 is 0 Å². The zero-order valence-corrected chi connectivity index (χ0v) is 7.38. The van der Waals surface area contributed by atoms with Crippen molar-refractivity contribution in [2.75, 3.05) is 0 Å². The van der Waals surface area contributed by atoms with Crippen LogP contribution in [0.15, 0.2) is 48.6 Å². The molecule has 0 spiro atoms. The van der Waals surface area contributed by atoms with Gasteiger partial charge in [-0.2, -0.15) is 0 Å². The minimum absolute atomic E-state index is 1.17. The van der Waals surface area contributed by atoms with Gasteiger partial charge >= 0.3 is 0 Å². The van der Waals surface area contributed by atoms with Gasteiger partial charge in [-0.15, -0.1) is 0 Å². The second kappa shape index (κ2) is 7.07. The van der Waals surface area contributed by atoms with Crippen molar-refractivity contribution in [1.29, 1.82) is 0 Å². The van der Waals surface area contributed by atoms with Crippen LogP contribution in [0.4, 0.5) is 0 Å². The van der Waals surface area contributed by atoms with Gasteiger partial charge in [-0.05, 0) is 20.3 Å². The monoisotopic (exact) mass is 148 g/mol. The van der Waals surface area contributed by atoms with Crippen molar-refractivity contribution in [3.8, 4) is 0 Å². The lowest BCUT2D eigenvalue weighted by Gasteiger charge is -1.78. The molecule has 0 heterocycles. The predicted octanol–water partition coefficient (Wildman–Crippen LogP) is 3.64. The van der Waals surface area contributed by atoms with Crippen molar-refractivity contribution < 1.29 is 0 Å². The third-order valence-corrected chi connectivity index (χ3v) is 1.29. The van der Waals surface area contributed by atoms with Crippen molar-refractivity contribution in [1.82, 2.24) is 0 Å². The SMILES string of the molecule is C=CC=CC.CC1=CC=CC1. The molecule has 0 unspecified atom stereocenters. The van der Waals surface area contributed by atoms with Crippen LogP contribution in [0.25, 0.3) is 0 Å². The summed E-state index contributed by atoms with van der Waals surface area (Å²) in [5, 5.41) is 0. The topological polar surface area (TPSA) is 0 Å². The first-order chi connectivity index (χ1) is 5.31. The number of hydrogen-bond donors (Lipinski definition) is 0. The summed E-state index contributed by atoms with van der Waals surface area (Å²) in [6, 6.07) is 0. The van der Waals surface area contributed by atoms with E-state index < -0.39 is 0 Å². The van der Waals surface area contributed by atoms with E-state index >= 15 is 0 Å². The van der Waals surface area contributed by atoms with Crippen LogP contribution < -0.4 is 0 Å². The summed E-state index contributed by atoms with van der Waals surface area (Å²) < 4.78 is 0. The molecule has 1 rings (SSSR count). The van der Waals surface area contributed by atoms with Gasteiger partial charge in [-0.1, -0.05) is 48.6 Å². The molecule has 0 aromatic heterocycles. The van der Waals surface area contributed by atoms with E-state index in [4.69, 9.17) is 0 Å². The molecule has 0 aliphatic heterocycles.